The number of nitrogens with zero attached hydrogens (tertiary/aromatic N) is 5. The van der Waals surface area contributed by atoms with Gasteiger partial charge < -0.3 is 9.57 Å². The SMILES string of the molecule is C=C(C)ON=C(C)c1ccc(OCc2c(C)cccc2-n2nnn(C)c2=O)c(C)c1. The Bertz CT molecular complexity index is 1170. The summed E-state index contributed by atoms with van der Waals surface area (Å²) < 4.78 is 8.56. The number of aromatic nitrogens is 4. The summed E-state index contributed by atoms with van der Waals surface area (Å²) in [5.41, 5.74) is 4.86. The zero-order valence-electron chi connectivity index (χ0n) is 17.8. The molecule has 0 fully saturated rings. The van der Waals surface area contributed by atoms with Gasteiger partial charge in [-0.25, -0.2) is 4.79 Å². The van der Waals surface area contributed by atoms with E-state index in [0.29, 0.717) is 11.4 Å². The van der Waals surface area contributed by atoms with E-state index in [4.69, 9.17) is 9.57 Å². The van der Waals surface area contributed by atoms with Crippen molar-refractivity contribution in [2.75, 3.05) is 0 Å². The summed E-state index contributed by atoms with van der Waals surface area (Å²) in [4.78, 5) is 17.4. The average molecular weight is 407 g/mol. The van der Waals surface area contributed by atoms with Crippen molar-refractivity contribution < 1.29 is 9.57 Å². The number of hydrogen-bond donors (Lipinski definition) is 0. The van der Waals surface area contributed by atoms with Gasteiger partial charge in [-0.15, -0.1) is 0 Å². The second-order valence-electron chi connectivity index (χ2n) is 7.11. The average Bonchev–Trinajstić information content (AvgIpc) is 3.04. The highest BCUT2D eigenvalue weighted by atomic mass is 16.6. The lowest BCUT2D eigenvalue weighted by molar-refractivity contribution is 0.231. The third kappa shape index (κ3) is 4.48. The first-order chi connectivity index (χ1) is 14.3. The Kier molecular flexibility index (Phi) is 6.15. The number of aryl methyl sites for hydroxylation is 3. The van der Waals surface area contributed by atoms with Gasteiger partial charge in [0.1, 0.15) is 18.1 Å². The van der Waals surface area contributed by atoms with Crippen molar-refractivity contribution in [2.24, 2.45) is 12.2 Å². The number of allylic oxidation sites excluding steroid dienone is 1. The molecule has 0 aliphatic rings. The third-order valence-electron chi connectivity index (χ3n) is 4.64. The summed E-state index contributed by atoms with van der Waals surface area (Å²) in [6, 6.07) is 11.5. The van der Waals surface area contributed by atoms with Crippen LogP contribution >= 0.6 is 0 Å². The Morgan fingerprint density at radius 2 is 1.90 bits per heavy atom. The molecule has 1 heterocycles. The number of ether oxygens (including phenoxy) is 1. The van der Waals surface area contributed by atoms with Crippen molar-refractivity contribution in [2.45, 2.75) is 34.3 Å². The lowest BCUT2D eigenvalue weighted by Gasteiger charge is -2.15. The van der Waals surface area contributed by atoms with Crippen LogP contribution in [0.25, 0.3) is 5.69 Å². The molecule has 0 atom stereocenters. The molecular formula is C22H25N5O3. The first-order valence-electron chi connectivity index (χ1n) is 9.46. The Morgan fingerprint density at radius 3 is 2.53 bits per heavy atom. The summed E-state index contributed by atoms with van der Waals surface area (Å²) in [6.07, 6.45) is 0. The molecule has 30 heavy (non-hydrogen) atoms. The van der Waals surface area contributed by atoms with E-state index in [1.807, 2.05) is 57.2 Å². The van der Waals surface area contributed by atoms with Crippen molar-refractivity contribution in [1.29, 1.82) is 0 Å². The van der Waals surface area contributed by atoms with Crippen molar-refractivity contribution in [3.8, 4) is 11.4 Å². The van der Waals surface area contributed by atoms with Crippen LogP contribution in [0.3, 0.4) is 0 Å². The van der Waals surface area contributed by atoms with E-state index in [0.717, 1.165) is 33.7 Å². The molecule has 8 nitrogen and oxygen atoms in total. The third-order valence-corrected chi connectivity index (χ3v) is 4.64. The summed E-state index contributed by atoms with van der Waals surface area (Å²) >= 11 is 0. The first kappa shape index (κ1) is 21.0. The van der Waals surface area contributed by atoms with Crippen molar-refractivity contribution in [3.05, 3.63) is 81.5 Å². The fourth-order valence-electron chi connectivity index (χ4n) is 2.92. The Hall–Kier alpha value is -3.68. The lowest BCUT2D eigenvalue weighted by Crippen LogP contribution is -2.23. The zero-order chi connectivity index (χ0) is 21.8. The van der Waals surface area contributed by atoms with E-state index in [9.17, 15) is 4.79 Å². The van der Waals surface area contributed by atoms with Crippen LogP contribution in [0.2, 0.25) is 0 Å². The summed E-state index contributed by atoms with van der Waals surface area (Å²) in [5, 5.41) is 11.8. The maximum atomic E-state index is 12.3. The second kappa shape index (κ2) is 8.77. The molecule has 1 aromatic heterocycles. The molecule has 0 bridgehead atoms. The quantitative estimate of drug-likeness (QED) is 0.340. The minimum Gasteiger partial charge on any atom is -0.489 e. The highest BCUT2D eigenvalue weighted by molar-refractivity contribution is 5.98. The standard InChI is InChI=1S/C22H25N5O3/c1-14(2)30-23-17(5)18-10-11-21(16(4)12-18)29-13-19-15(3)8-7-9-20(19)27-22(28)26(6)24-25-27/h7-12H,1,13H2,2-6H3. The molecule has 0 aliphatic carbocycles. The number of tetrazole rings is 1. The molecule has 0 N–H and O–H groups in total. The van der Waals surface area contributed by atoms with Crippen LogP contribution in [-0.2, 0) is 18.5 Å². The van der Waals surface area contributed by atoms with Crippen molar-refractivity contribution in [3.63, 3.8) is 0 Å². The van der Waals surface area contributed by atoms with Crippen LogP contribution in [0.5, 0.6) is 5.75 Å². The molecule has 3 rings (SSSR count). The fraction of sp³-hybridized carbons (Fsp3) is 0.273. The van der Waals surface area contributed by atoms with Crippen LogP contribution in [0, 0.1) is 13.8 Å². The normalized spacial score (nSPS) is 11.4. The van der Waals surface area contributed by atoms with Crippen LogP contribution < -0.4 is 10.4 Å². The molecule has 0 radical (unpaired) electrons. The predicted molar refractivity (Wildman–Crippen MR) is 115 cm³/mol. The van der Waals surface area contributed by atoms with Gasteiger partial charge >= 0.3 is 5.69 Å². The van der Waals surface area contributed by atoms with E-state index < -0.39 is 0 Å². The van der Waals surface area contributed by atoms with Gasteiger partial charge in [0.15, 0.2) is 0 Å². The molecule has 0 saturated carbocycles. The largest absolute Gasteiger partial charge is 0.489 e. The van der Waals surface area contributed by atoms with Crippen molar-refractivity contribution in [1.82, 2.24) is 19.8 Å². The van der Waals surface area contributed by atoms with Gasteiger partial charge in [0, 0.05) is 12.6 Å². The highest BCUT2D eigenvalue weighted by Gasteiger charge is 2.14. The van der Waals surface area contributed by atoms with E-state index in [2.05, 4.69) is 22.2 Å². The highest BCUT2D eigenvalue weighted by Crippen LogP contribution is 2.24. The van der Waals surface area contributed by atoms with Crippen LogP contribution in [0.4, 0.5) is 0 Å². The smallest absolute Gasteiger partial charge is 0.368 e. The Morgan fingerprint density at radius 1 is 1.13 bits per heavy atom. The molecule has 0 aliphatic heterocycles. The van der Waals surface area contributed by atoms with Gasteiger partial charge in [-0.2, -0.15) is 9.36 Å². The van der Waals surface area contributed by atoms with Gasteiger partial charge in [-0.3, -0.25) is 0 Å². The van der Waals surface area contributed by atoms with Gasteiger partial charge in [-0.1, -0.05) is 23.9 Å². The number of rotatable bonds is 7. The maximum Gasteiger partial charge on any atom is 0.368 e. The summed E-state index contributed by atoms with van der Waals surface area (Å²) in [7, 11) is 1.56. The second-order valence-corrected chi connectivity index (χ2v) is 7.11. The van der Waals surface area contributed by atoms with Gasteiger partial charge in [0.2, 0.25) is 0 Å². The molecule has 0 unspecified atom stereocenters. The van der Waals surface area contributed by atoms with E-state index >= 15 is 0 Å². The monoisotopic (exact) mass is 407 g/mol. The van der Waals surface area contributed by atoms with Gasteiger partial charge in [0.25, 0.3) is 0 Å². The lowest BCUT2D eigenvalue weighted by atomic mass is 10.1. The first-order valence-corrected chi connectivity index (χ1v) is 9.46. The molecule has 0 amide bonds. The predicted octanol–water partition coefficient (Wildman–Crippen LogP) is 3.44. The molecule has 0 saturated heterocycles. The summed E-state index contributed by atoms with van der Waals surface area (Å²) in [6.45, 7) is 11.5. The molecule has 2 aromatic carbocycles. The molecule has 156 valence electrons. The van der Waals surface area contributed by atoms with E-state index in [-0.39, 0.29) is 12.3 Å². The molecular weight excluding hydrogens is 382 g/mol. The van der Waals surface area contributed by atoms with E-state index in [1.54, 1.807) is 14.0 Å². The number of oxime groups is 1. The topological polar surface area (TPSA) is 83.5 Å². The Balaban J connectivity index is 1.84. The molecule has 3 aromatic rings. The van der Waals surface area contributed by atoms with Crippen LogP contribution in [-0.4, -0.2) is 25.5 Å². The zero-order valence-corrected chi connectivity index (χ0v) is 17.8. The minimum absolute atomic E-state index is 0.289. The molecule has 8 heteroatoms. The van der Waals surface area contributed by atoms with Gasteiger partial charge in [-0.05, 0) is 79.1 Å². The fourth-order valence-corrected chi connectivity index (χ4v) is 2.92. The van der Waals surface area contributed by atoms with Gasteiger partial charge in [0.05, 0.1) is 11.4 Å². The minimum atomic E-state index is -0.311. The number of benzene rings is 2. The van der Waals surface area contributed by atoms with Crippen molar-refractivity contribution >= 4 is 5.71 Å². The van der Waals surface area contributed by atoms with Crippen LogP contribution in [0.1, 0.15) is 36.1 Å². The van der Waals surface area contributed by atoms with Crippen LogP contribution in [0.15, 0.2) is 58.7 Å². The summed E-state index contributed by atoms with van der Waals surface area (Å²) in [5.74, 6) is 1.27. The Labute approximate surface area is 175 Å². The maximum absolute atomic E-state index is 12.3. The molecule has 0 spiro atoms. The van der Waals surface area contributed by atoms with E-state index in [1.165, 1.54) is 9.36 Å². The number of hydrogen-bond acceptors (Lipinski definition) is 6.